The second-order valence-corrected chi connectivity index (χ2v) is 4.54. The van der Waals surface area contributed by atoms with E-state index in [0.29, 0.717) is 0 Å². The summed E-state index contributed by atoms with van der Waals surface area (Å²) in [6.07, 6.45) is 4.12. The lowest BCUT2D eigenvalue weighted by Gasteiger charge is -2.35. The average molecular weight is 205 g/mol. The number of rotatable bonds is 3. The number of hydrogen-bond donors (Lipinski definition) is 1. The topological polar surface area (TPSA) is 28.2 Å². The van der Waals surface area contributed by atoms with E-state index in [1.165, 1.54) is 12.1 Å². The molecule has 0 bridgehead atoms. The second kappa shape index (κ2) is 4.29. The first-order chi connectivity index (χ1) is 7.23. The number of likely N-dealkylation sites (N-methyl/N-ethyl adjacent to an activating group) is 1. The quantitative estimate of drug-likeness (QED) is 0.795. The fourth-order valence-electron chi connectivity index (χ4n) is 2.26. The van der Waals surface area contributed by atoms with E-state index in [9.17, 15) is 0 Å². The van der Waals surface area contributed by atoms with Gasteiger partial charge in [-0.3, -0.25) is 4.98 Å². The predicted molar refractivity (Wildman–Crippen MR) is 61.8 cm³/mol. The van der Waals surface area contributed by atoms with E-state index >= 15 is 0 Å². The second-order valence-electron chi connectivity index (χ2n) is 4.54. The van der Waals surface area contributed by atoms with Crippen LogP contribution in [0.15, 0.2) is 24.4 Å². The summed E-state index contributed by atoms with van der Waals surface area (Å²) in [5.74, 6) is 0. The fourth-order valence-corrected chi connectivity index (χ4v) is 2.26. The van der Waals surface area contributed by atoms with Gasteiger partial charge in [-0.25, -0.2) is 0 Å². The van der Waals surface area contributed by atoms with Crippen LogP contribution in [0.3, 0.4) is 0 Å². The van der Waals surface area contributed by atoms with E-state index in [4.69, 9.17) is 0 Å². The van der Waals surface area contributed by atoms with Crippen LogP contribution in [0.2, 0.25) is 0 Å². The summed E-state index contributed by atoms with van der Waals surface area (Å²) in [6.45, 7) is 2.18. The van der Waals surface area contributed by atoms with Crippen LogP contribution in [0.25, 0.3) is 0 Å². The van der Waals surface area contributed by atoms with E-state index < -0.39 is 0 Å². The van der Waals surface area contributed by atoms with Crippen molar-refractivity contribution in [3.63, 3.8) is 0 Å². The molecule has 82 valence electrons. The molecule has 1 saturated heterocycles. The molecular weight excluding hydrogens is 186 g/mol. The van der Waals surface area contributed by atoms with Gasteiger partial charge in [-0.2, -0.15) is 0 Å². The highest BCUT2D eigenvalue weighted by molar-refractivity contribution is 5.11. The Morgan fingerprint density at radius 3 is 2.87 bits per heavy atom. The van der Waals surface area contributed by atoms with Crippen LogP contribution < -0.4 is 5.32 Å². The van der Waals surface area contributed by atoms with Crippen LogP contribution in [-0.2, 0) is 6.42 Å². The zero-order chi connectivity index (χ0) is 10.7. The number of hydrogen-bond acceptors (Lipinski definition) is 3. The number of aromatic nitrogens is 1. The van der Waals surface area contributed by atoms with Gasteiger partial charge in [0.2, 0.25) is 0 Å². The highest BCUT2D eigenvalue weighted by atomic mass is 15.2. The summed E-state index contributed by atoms with van der Waals surface area (Å²) in [5.41, 5.74) is 1.45. The Labute approximate surface area is 91.5 Å². The SMILES string of the molecule is CN(C)C1(Cc2ccccn2)CCNC1. The molecule has 1 aromatic rings. The molecule has 1 aliphatic rings. The van der Waals surface area contributed by atoms with Crippen molar-refractivity contribution in [2.75, 3.05) is 27.2 Å². The average Bonchev–Trinajstić information content (AvgIpc) is 2.69. The van der Waals surface area contributed by atoms with Crippen LogP contribution in [0, 0.1) is 0 Å². The summed E-state index contributed by atoms with van der Waals surface area (Å²) >= 11 is 0. The van der Waals surface area contributed by atoms with Gasteiger partial charge in [-0.1, -0.05) is 6.07 Å². The van der Waals surface area contributed by atoms with Crippen LogP contribution in [0.5, 0.6) is 0 Å². The van der Waals surface area contributed by atoms with Crippen molar-refractivity contribution in [2.24, 2.45) is 0 Å². The van der Waals surface area contributed by atoms with Gasteiger partial charge < -0.3 is 10.2 Å². The zero-order valence-corrected chi connectivity index (χ0v) is 9.53. The number of nitrogens with zero attached hydrogens (tertiary/aromatic N) is 2. The molecule has 3 heteroatoms. The number of pyridine rings is 1. The summed E-state index contributed by atoms with van der Waals surface area (Å²) in [6, 6.07) is 6.15. The van der Waals surface area contributed by atoms with Gasteiger partial charge in [0.05, 0.1) is 0 Å². The molecule has 1 unspecified atom stereocenters. The van der Waals surface area contributed by atoms with Gasteiger partial charge >= 0.3 is 0 Å². The normalized spacial score (nSPS) is 26.1. The number of nitrogens with one attached hydrogen (secondary N) is 1. The Kier molecular flexibility index (Phi) is 3.03. The molecule has 2 heterocycles. The Bertz CT molecular complexity index is 302. The molecule has 0 saturated carbocycles. The van der Waals surface area contributed by atoms with Crippen molar-refractivity contribution in [2.45, 2.75) is 18.4 Å². The molecule has 0 aliphatic carbocycles. The zero-order valence-electron chi connectivity index (χ0n) is 9.53. The lowest BCUT2D eigenvalue weighted by atomic mass is 9.91. The van der Waals surface area contributed by atoms with E-state index in [1.807, 2.05) is 12.3 Å². The summed E-state index contributed by atoms with van der Waals surface area (Å²) in [4.78, 5) is 6.75. The third-order valence-corrected chi connectivity index (χ3v) is 3.41. The smallest absolute Gasteiger partial charge is 0.0422 e. The summed E-state index contributed by atoms with van der Waals surface area (Å²) in [7, 11) is 4.33. The third kappa shape index (κ3) is 2.19. The van der Waals surface area contributed by atoms with Crippen LogP contribution in [0.1, 0.15) is 12.1 Å². The van der Waals surface area contributed by atoms with Crippen LogP contribution in [-0.4, -0.2) is 42.6 Å². The summed E-state index contributed by atoms with van der Waals surface area (Å²) < 4.78 is 0. The van der Waals surface area contributed by atoms with Crippen molar-refractivity contribution < 1.29 is 0 Å². The minimum absolute atomic E-state index is 0.258. The van der Waals surface area contributed by atoms with Gasteiger partial charge in [0.25, 0.3) is 0 Å². The molecule has 0 aromatic carbocycles. The molecule has 1 N–H and O–H groups in total. The third-order valence-electron chi connectivity index (χ3n) is 3.41. The van der Waals surface area contributed by atoms with Crippen molar-refractivity contribution in [1.29, 1.82) is 0 Å². The largest absolute Gasteiger partial charge is 0.315 e. The first-order valence-electron chi connectivity index (χ1n) is 5.51. The molecule has 1 aromatic heterocycles. The van der Waals surface area contributed by atoms with Crippen molar-refractivity contribution in [3.05, 3.63) is 30.1 Å². The maximum atomic E-state index is 4.42. The first-order valence-corrected chi connectivity index (χ1v) is 5.51. The van der Waals surface area contributed by atoms with Gasteiger partial charge in [0.1, 0.15) is 0 Å². The van der Waals surface area contributed by atoms with E-state index in [-0.39, 0.29) is 5.54 Å². The van der Waals surface area contributed by atoms with Crippen molar-refractivity contribution >= 4 is 0 Å². The molecule has 0 radical (unpaired) electrons. The molecular formula is C12H19N3. The lowest BCUT2D eigenvalue weighted by Crippen LogP contribution is -2.48. The molecule has 0 amide bonds. The Morgan fingerprint density at radius 2 is 2.33 bits per heavy atom. The highest BCUT2D eigenvalue weighted by Crippen LogP contribution is 2.24. The predicted octanol–water partition coefficient (Wildman–Crippen LogP) is 0.918. The van der Waals surface area contributed by atoms with E-state index in [2.05, 4.69) is 41.4 Å². The van der Waals surface area contributed by atoms with Crippen molar-refractivity contribution in [1.82, 2.24) is 15.2 Å². The molecule has 1 fully saturated rings. The Morgan fingerprint density at radius 1 is 1.47 bits per heavy atom. The van der Waals surface area contributed by atoms with E-state index in [1.54, 1.807) is 0 Å². The minimum atomic E-state index is 0.258. The standard InChI is InChI=1S/C12H19N3/c1-15(2)12(6-8-13-10-12)9-11-5-3-4-7-14-11/h3-5,7,13H,6,8-10H2,1-2H3. The molecule has 1 atom stereocenters. The molecule has 15 heavy (non-hydrogen) atoms. The van der Waals surface area contributed by atoms with Crippen molar-refractivity contribution in [3.8, 4) is 0 Å². The Balaban J connectivity index is 2.14. The van der Waals surface area contributed by atoms with Gasteiger partial charge in [0, 0.05) is 30.4 Å². The van der Waals surface area contributed by atoms with Crippen LogP contribution >= 0.6 is 0 Å². The lowest BCUT2D eigenvalue weighted by molar-refractivity contribution is 0.171. The fraction of sp³-hybridized carbons (Fsp3) is 0.583. The molecule has 1 aliphatic heterocycles. The monoisotopic (exact) mass is 205 g/mol. The minimum Gasteiger partial charge on any atom is -0.315 e. The molecule has 3 nitrogen and oxygen atoms in total. The van der Waals surface area contributed by atoms with Gasteiger partial charge in [-0.15, -0.1) is 0 Å². The van der Waals surface area contributed by atoms with Gasteiger partial charge in [-0.05, 0) is 39.2 Å². The summed E-state index contributed by atoms with van der Waals surface area (Å²) in [5, 5.41) is 3.45. The maximum Gasteiger partial charge on any atom is 0.0422 e. The van der Waals surface area contributed by atoms with Gasteiger partial charge in [0.15, 0.2) is 0 Å². The maximum absolute atomic E-state index is 4.42. The Hall–Kier alpha value is -0.930. The molecule has 2 rings (SSSR count). The first kappa shape index (κ1) is 10.6. The van der Waals surface area contributed by atoms with E-state index in [0.717, 1.165) is 19.5 Å². The molecule has 0 spiro atoms. The van der Waals surface area contributed by atoms with Crippen LogP contribution in [0.4, 0.5) is 0 Å². The highest BCUT2D eigenvalue weighted by Gasteiger charge is 2.36.